The number of ether oxygens (including phenoxy) is 1. The van der Waals surface area contributed by atoms with Gasteiger partial charge in [0.25, 0.3) is 0 Å². The SMILES string of the molecule is CCNC(=NCc1ccc(CN2CC(C)OC(C)C2)cc1)NCc1ccnn1C. The van der Waals surface area contributed by atoms with Gasteiger partial charge in [-0.05, 0) is 38.0 Å². The van der Waals surface area contributed by atoms with Gasteiger partial charge >= 0.3 is 0 Å². The Balaban J connectivity index is 1.53. The van der Waals surface area contributed by atoms with E-state index in [-0.39, 0.29) is 0 Å². The molecule has 1 saturated heterocycles. The third-order valence-corrected chi connectivity index (χ3v) is 5.05. The van der Waals surface area contributed by atoms with Crippen molar-refractivity contribution in [3.63, 3.8) is 0 Å². The van der Waals surface area contributed by atoms with Gasteiger partial charge in [0.2, 0.25) is 0 Å². The number of morpholine rings is 1. The second-order valence-corrected chi connectivity index (χ2v) is 7.76. The zero-order chi connectivity index (χ0) is 20.6. The van der Waals surface area contributed by atoms with Crippen LogP contribution >= 0.6 is 0 Å². The summed E-state index contributed by atoms with van der Waals surface area (Å²) >= 11 is 0. The molecule has 0 radical (unpaired) electrons. The maximum atomic E-state index is 5.82. The Labute approximate surface area is 174 Å². The van der Waals surface area contributed by atoms with Crippen molar-refractivity contribution < 1.29 is 4.74 Å². The Bertz CT molecular complexity index is 775. The number of hydrogen-bond acceptors (Lipinski definition) is 4. The fourth-order valence-corrected chi connectivity index (χ4v) is 3.68. The summed E-state index contributed by atoms with van der Waals surface area (Å²) in [5.41, 5.74) is 3.65. The van der Waals surface area contributed by atoms with E-state index in [9.17, 15) is 0 Å². The molecule has 0 saturated carbocycles. The van der Waals surface area contributed by atoms with Crippen molar-refractivity contribution in [3.05, 3.63) is 53.3 Å². The molecule has 3 rings (SSSR count). The van der Waals surface area contributed by atoms with E-state index in [1.165, 1.54) is 11.1 Å². The topological polar surface area (TPSA) is 66.7 Å². The zero-order valence-electron chi connectivity index (χ0n) is 18.1. The number of hydrogen-bond donors (Lipinski definition) is 2. The Kier molecular flexibility index (Phi) is 7.66. The summed E-state index contributed by atoms with van der Waals surface area (Å²) in [5, 5.41) is 10.9. The molecule has 0 spiro atoms. The molecule has 0 aliphatic carbocycles. The predicted octanol–water partition coefficient (Wildman–Crippen LogP) is 2.28. The van der Waals surface area contributed by atoms with Crippen molar-refractivity contribution in [2.75, 3.05) is 19.6 Å². The average molecular weight is 399 g/mol. The van der Waals surface area contributed by atoms with Gasteiger partial charge in [-0.1, -0.05) is 24.3 Å². The lowest BCUT2D eigenvalue weighted by Gasteiger charge is -2.35. The second kappa shape index (κ2) is 10.4. The van der Waals surface area contributed by atoms with Crippen molar-refractivity contribution in [3.8, 4) is 0 Å². The van der Waals surface area contributed by atoms with Crippen LogP contribution in [-0.2, 0) is 31.4 Å². The van der Waals surface area contributed by atoms with Crippen LogP contribution in [0.3, 0.4) is 0 Å². The third kappa shape index (κ3) is 6.58. The summed E-state index contributed by atoms with van der Waals surface area (Å²) in [6.45, 7) is 11.5. The van der Waals surface area contributed by atoms with Crippen molar-refractivity contribution in [1.29, 1.82) is 0 Å². The fourth-order valence-electron chi connectivity index (χ4n) is 3.68. The van der Waals surface area contributed by atoms with Gasteiger partial charge in [-0.25, -0.2) is 4.99 Å². The van der Waals surface area contributed by atoms with E-state index in [2.05, 4.69) is 65.7 Å². The quantitative estimate of drug-likeness (QED) is 0.553. The van der Waals surface area contributed by atoms with E-state index in [1.54, 1.807) is 6.20 Å². The molecule has 1 aromatic carbocycles. The van der Waals surface area contributed by atoms with Crippen LogP contribution in [0.1, 0.15) is 37.6 Å². The lowest BCUT2D eigenvalue weighted by molar-refractivity contribution is -0.0704. The predicted molar refractivity (Wildman–Crippen MR) is 117 cm³/mol. The molecule has 2 unspecified atom stereocenters. The molecule has 2 heterocycles. The summed E-state index contributed by atoms with van der Waals surface area (Å²) in [6.07, 6.45) is 2.41. The molecule has 158 valence electrons. The van der Waals surface area contributed by atoms with Crippen LogP contribution in [0.15, 0.2) is 41.5 Å². The molecule has 1 aliphatic heterocycles. The summed E-state index contributed by atoms with van der Waals surface area (Å²) in [7, 11) is 1.95. The molecule has 1 aromatic heterocycles. The van der Waals surface area contributed by atoms with Crippen molar-refractivity contribution in [2.24, 2.45) is 12.0 Å². The van der Waals surface area contributed by atoms with Gasteiger partial charge in [0.05, 0.1) is 31.0 Å². The molecule has 2 aromatic rings. The van der Waals surface area contributed by atoms with Crippen LogP contribution in [0.5, 0.6) is 0 Å². The minimum atomic E-state index is 0.302. The first-order chi connectivity index (χ1) is 14.0. The number of nitrogens with zero attached hydrogens (tertiary/aromatic N) is 4. The van der Waals surface area contributed by atoms with E-state index >= 15 is 0 Å². The van der Waals surface area contributed by atoms with E-state index in [1.807, 2.05) is 17.8 Å². The van der Waals surface area contributed by atoms with Crippen LogP contribution in [0.2, 0.25) is 0 Å². The number of benzene rings is 1. The van der Waals surface area contributed by atoms with Gasteiger partial charge in [0, 0.05) is 39.4 Å². The number of rotatable bonds is 7. The van der Waals surface area contributed by atoms with E-state index in [4.69, 9.17) is 9.73 Å². The number of aliphatic imine (C=N–C) groups is 1. The van der Waals surface area contributed by atoms with E-state index in [0.29, 0.717) is 25.3 Å². The smallest absolute Gasteiger partial charge is 0.191 e. The maximum Gasteiger partial charge on any atom is 0.191 e. The number of aromatic nitrogens is 2. The average Bonchev–Trinajstić information content (AvgIpc) is 3.09. The number of guanidine groups is 1. The minimum absolute atomic E-state index is 0.302. The van der Waals surface area contributed by atoms with Gasteiger partial charge in [-0.15, -0.1) is 0 Å². The molecular weight excluding hydrogens is 364 g/mol. The molecule has 1 aliphatic rings. The first-order valence-electron chi connectivity index (χ1n) is 10.5. The molecule has 0 amide bonds. The van der Waals surface area contributed by atoms with Crippen LogP contribution in [-0.4, -0.2) is 52.5 Å². The van der Waals surface area contributed by atoms with Crippen molar-refractivity contribution >= 4 is 5.96 Å². The van der Waals surface area contributed by atoms with Crippen LogP contribution in [0.25, 0.3) is 0 Å². The van der Waals surface area contributed by atoms with Gasteiger partial charge in [0.15, 0.2) is 5.96 Å². The lowest BCUT2D eigenvalue weighted by atomic mass is 10.1. The summed E-state index contributed by atoms with van der Waals surface area (Å²) in [6, 6.07) is 10.8. The second-order valence-electron chi connectivity index (χ2n) is 7.76. The minimum Gasteiger partial charge on any atom is -0.373 e. The Hall–Kier alpha value is -2.38. The molecule has 2 atom stereocenters. The monoisotopic (exact) mass is 398 g/mol. The molecule has 7 heteroatoms. The molecule has 29 heavy (non-hydrogen) atoms. The Morgan fingerprint density at radius 1 is 1.10 bits per heavy atom. The molecule has 2 N–H and O–H groups in total. The zero-order valence-corrected chi connectivity index (χ0v) is 18.1. The maximum absolute atomic E-state index is 5.82. The first kappa shape index (κ1) is 21.3. The standard InChI is InChI=1S/C22H34N6O/c1-5-23-22(25-13-21-10-11-26-27(21)4)24-12-19-6-8-20(9-7-19)16-28-14-17(2)29-18(3)15-28/h6-11,17-18H,5,12-16H2,1-4H3,(H2,23,24,25). The van der Waals surface area contributed by atoms with Gasteiger partial charge in [-0.2, -0.15) is 5.10 Å². The normalized spacial score (nSPS) is 20.6. The van der Waals surface area contributed by atoms with Crippen molar-refractivity contribution in [2.45, 2.75) is 52.6 Å². The molecule has 7 nitrogen and oxygen atoms in total. The van der Waals surface area contributed by atoms with Crippen LogP contribution < -0.4 is 10.6 Å². The van der Waals surface area contributed by atoms with Crippen molar-refractivity contribution in [1.82, 2.24) is 25.3 Å². The Morgan fingerprint density at radius 2 is 1.79 bits per heavy atom. The Morgan fingerprint density at radius 3 is 2.41 bits per heavy atom. The summed E-state index contributed by atoms with van der Waals surface area (Å²) in [5.74, 6) is 0.814. The van der Waals surface area contributed by atoms with Gasteiger partial charge < -0.3 is 15.4 Å². The first-order valence-corrected chi connectivity index (χ1v) is 10.5. The molecular formula is C22H34N6O. The third-order valence-electron chi connectivity index (χ3n) is 5.05. The van der Waals surface area contributed by atoms with E-state index in [0.717, 1.165) is 37.8 Å². The highest BCUT2D eigenvalue weighted by atomic mass is 16.5. The fraction of sp³-hybridized carbons (Fsp3) is 0.545. The highest BCUT2D eigenvalue weighted by Gasteiger charge is 2.21. The highest BCUT2D eigenvalue weighted by Crippen LogP contribution is 2.15. The van der Waals surface area contributed by atoms with Crippen LogP contribution in [0.4, 0.5) is 0 Å². The number of aryl methyl sites for hydroxylation is 1. The van der Waals surface area contributed by atoms with E-state index < -0.39 is 0 Å². The number of nitrogens with one attached hydrogen (secondary N) is 2. The summed E-state index contributed by atoms with van der Waals surface area (Å²) < 4.78 is 7.69. The summed E-state index contributed by atoms with van der Waals surface area (Å²) in [4.78, 5) is 7.19. The molecule has 0 bridgehead atoms. The lowest BCUT2D eigenvalue weighted by Crippen LogP contribution is -2.44. The molecule has 1 fully saturated rings. The highest BCUT2D eigenvalue weighted by molar-refractivity contribution is 5.79. The van der Waals surface area contributed by atoms with Gasteiger partial charge in [-0.3, -0.25) is 9.58 Å². The van der Waals surface area contributed by atoms with Gasteiger partial charge in [0.1, 0.15) is 0 Å². The largest absolute Gasteiger partial charge is 0.373 e. The van der Waals surface area contributed by atoms with Crippen LogP contribution in [0, 0.1) is 0 Å².